The van der Waals surface area contributed by atoms with E-state index in [0.717, 1.165) is 19.3 Å². The fraction of sp³-hybridized carbons (Fsp3) is 0.688. The Morgan fingerprint density at radius 3 is 2.22 bits per heavy atom. The van der Waals surface area contributed by atoms with Gasteiger partial charge in [0.05, 0.1) is 13.0 Å². The Labute approximate surface area is 135 Å². The Morgan fingerprint density at radius 1 is 1.13 bits per heavy atom. The standard InChI is InChI=1S/C16H24O7/c1-11(14(18)19)16(15(20)21,12-6-4-3-5-7-12)10-13(17)23-9-8-22-2/h12H,1,3-10H2,2H3,(H,18,19)(H,20,21). The maximum absolute atomic E-state index is 12.0. The predicted octanol–water partition coefficient (Wildman–Crippen LogP) is 1.86. The lowest BCUT2D eigenvalue weighted by Crippen LogP contribution is -2.45. The fourth-order valence-electron chi connectivity index (χ4n) is 3.18. The molecule has 1 atom stereocenters. The van der Waals surface area contributed by atoms with Crippen molar-refractivity contribution in [1.82, 2.24) is 0 Å². The van der Waals surface area contributed by atoms with E-state index in [-0.39, 0.29) is 13.2 Å². The third kappa shape index (κ3) is 4.54. The fourth-order valence-corrected chi connectivity index (χ4v) is 3.18. The summed E-state index contributed by atoms with van der Waals surface area (Å²) in [5, 5.41) is 19.0. The van der Waals surface area contributed by atoms with Crippen LogP contribution in [0.15, 0.2) is 12.2 Å². The van der Waals surface area contributed by atoms with Crippen LogP contribution in [-0.2, 0) is 23.9 Å². The number of hydrogen-bond donors (Lipinski definition) is 2. The Balaban J connectivity index is 3.06. The molecule has 1 unspecified atom stereocenters. The van der Waals surface area contributed by atoms with Gasteiger partial charge < -0.3 is 19.7 Å². The molecule has 7 heteroatoms. The number of carboxylic acids is 2. The Morgan fingerprint density at radius 2 is 1.74 bits per heavy atom. The minimum Gasteiger partial charge on any atom is -0.481 e. The number of carbonyl (C=O) groups excluding carboxylic acids is 1. The van der Waals surface area contributed by atoms with Gasteiger partial charge in [-0.25, -0.2) is 4.79 Å². The summed E-state index contributed by atoms with van der Waals surface area (Å²) in [6.07, 6.45) is 3.19. The largest absolute Gasteiger partial charge is 0.481 e. The number of carboxylic acid groups (broad SMARTS) is 2. The summed E-state index contributed by atoms with van der Waals surface area (Å²) in [6, 6.07) is 0. The molecule has 1 saturated carbocycles. The van der Waals surface area contributed by atoms with Crippen LogP contribution in [0.3, 0.4) is 0 Å². The van der Waals surface area contributed by atoms with Gasteiger partial charge in [0.1, 0.15) is 12.0 Å². The van der Waals surface area contributed by atoms with E-state index in [1.54, 1.807) is 0 Å². The summed E-state index contributed by atoms with van der Waals surface area (Å²) in [5.74, 6) is -3.92. The molecule has 2 N–H and O–H groups in total. The van der Waals surface area contributed by atoms with Gasteiger partial charge in [0.25, 0.3) is 0 Å². The third-order valence-corrected chi connectivity index (χ3v) is 4.45. The van der Waals surface area contributed by atoms with E-state index in [1.165, 1.54) is 7.11 Å². The molecule has 0 amide bonds. The van der Waals surface area contributed by atoms with Crippen molar-refractivity contribution in [3.05, 3.63) is 12.2 Å². The van der Waals surface area contributed by atoms with Crippen LogP contribution < -0.4 is 0 Å². The van der Waals surface area contributed by atoms with Gasteiger partial charge in [-0.3, -0.25) is 9.59 Å². The van der Waals surface area contributed by atoms with Crippen molar-refractivity contribution < 1.29 is 34.1 Å². The molecule has 0 aliphatic heterocycles. The van der Waals surface area contributed by atoms with Crippen LogP contribution in [0.1, 0.15) is 38.5 Å². The smallest absolute Gasteiger partial charge is 0.332 e. The van der Waals surface area contributed by atoms with Crippen molar-refractivity contribution in [1.29, 1.82) is 0 Å². The van der Waals surface area contributed by atoms with Gasteiger partial charge in [-0.15, -0.1) is 0 Å². The first-order valence-electron chi connectivity index (χ1n) is 7.67. The van der Waals surface area contributed by atoms with Crippen molar-refractivity contribution in [2.45, 2.75) is 38.5 Å². The molecule has 23 heavy (non-hydrogen) atoms. The number of hydrogen-bond acceptors (Lipinski definition) is 5. The van der Waals surface area contributed by atoms with E-state index in [1.807, 2.05) is 0 Å². The highest BCUT2D eigenvalue weighted by molar-refractivity contribution is 5.98. The molecule has 1 rings (SSSR count). The van der Waals surface area contributed by atoms with Crippen LogP contribution in [0, 0.1) is 11.3 Å². The van der Waals surface area contributed by atoms with Gasteiger partial charge in [0.15, 0.2) is 0 Å². The minimum absolute atomic E-state index is 0.00472. The van der Waals surface area contributed by atoms with Gasteiger partial charge in [-0.2, -0.15) is 0 Å². The number of carbonyl (C=O) groups is 3. The van der Waals surface area contributed by atoms with E-state index in [2.05, 4.69) is 6.58 Å². The Bertz CT molecular complexity index is 465. The lowest BCUT2D eigenvalue weighted by Gasteiger charge is -2.38. The molecule has 1 aliphatic rings. The molecule has 0 heterocycles. The van der Waals surface area contributed by atoms with E-state index in [9.17, 15) is 24.6 Å². The molecule has 1 fully saturated rings. The van der Waals surface area contributed by atoms with Crippen molar-refractivity contribution in [2.24, 2.45) is 11.3 Å². The van der Waals surface area contributed by atoms with Crippen LogP contribution in [0.25, 0.3) is 0 Å². The zero-order valence-electron chi connectivity index (χ0n) is 13.4. The van der Waals surface area contributed by atoms with Gasteiger partial charge in [0.2, 0.25) is 0 Å². The maximum atomic E-state index is 12.0. The highest BCUT2D eigenvalue weighted by Gasteiger charge is 2.52. The predicted molar refractivity (Wildman–Crippen MR) is 80.9 cm³/mol. The first-order valence-corrected chi connectivity index (χ1v) is 7.67. The van der Waals surface area contributed by atoms with Gasteiger partial charge >= 0.3 is 17.9 Å². The van der Waals surface area contributed by atoms with E-state index >= 15 is 0 Å². The molecule has 1 aliphatic carbocycles. The van der Waals surface area contributed by atoms with Gasteiger partial charge in [-0.1, -0.05) is 25.8 Å². The van der Waals surface area contributed by atoms with Crippen molar-refractivity contribution >= 4 is 17.9 Å². The average Bonchev–Trinajstić information content (AvgIpc) is 2.52. The summed E-state index contributed by atoms with van der Waals surface area (Å²) in [6.45, 7) is 3.64. The monoisotopic (exact) mass is 328 g/mol. The highest BCUT2D eigenvalue weighted by atomic mass is 16.6. The van der Waals surface area contributed by atoms with Crippen LogP contribution in [0.4, 0.5) is 0 Å². The molecule has 0 aromatic rings. The second kappa shape index (κ2) is 8.67. The van der Waals surface area contributed by atoms with E-state index in [0.29, 0.717) is 12.8 Å². The van der Waals surface area contributed by atoms with Crippen LogP contribution in [-0.4, -0.2) is 48.4 Å². The minimum atomic E-state index is -1.82. The third-order valence-electron chi connectivity index (χ3n) is 4.45. The van der Waals surface area contributed by atoms with Crippen molar-refractivity contribution in [2.75, 3.05) is 20.3 Å². The first-order chi connectivity index (χ1) is 10.9. The van der Waals surface area contributed by atoms with Crippen LogP contribution >= 0.6 is 0 Å². The molecule has 0 spiro atoms. The molecule has 7 nitrogen and oxygen atoms in total. The summed E-state index contributed by atoms with van der Waals surface area (Å²) in [7, 11) is 1.45. The van der Waals surface area contributed by atoms with Crippen molar-refractivity contribution in [3.8, 4) is 0 Å². The molecule has 0 aromatic heterocycles. The SMILES string of the molecule is C=C(C(=O)O)C(CC(=O)OCCOC)(C(=O)O)C1CCCCC1. The number of methoxy groups -OCH3 is 1. The molecule has 0 radical (unpaired) electrons. The summed E-state index contributed by atoms with van der Waals surface area (Å²) >= 11 is 0. The Hall–Kier alpha value is -1.89. The molecule has 0 saturated heterocycles. The molecule has 0 aromatic carbocycles. The highest BCUT2D eigenvalue weighted by Crippen LogP contribution is 2.46. The number of rotatable bonds is 9. The van der Waals surface area contributed by atoms with Gasteiger partial charge in [-0.05, 0) is 18.8 Å². The average molecular weight is 328 g/mol. The topological polar surface area (TPSA) is 110 Å². The summed E-state index contributed by atoms with van der Waals surface area (Å²) in [4.78, 5) is 35.4. The molecular weight excluding hydrogens is 304 g/mol. The number of esters is 1. The van der Waals surface area contributed by atoms with Gasteiger partial charge in [0, 0.05) is 12.7 Å². The normalized spacial score (nSPS) is 18.0. The molecular formula is C16H24O7. The van der Waals surface area contributed by atoms with E-state index < -0.39 is 41.2 Å². The Kier molecular flexibility index (Phi) is 7.22. The van der Waals surface area contributed by atoms with Crippen molar-refractivity contribution in [3.63, 3.8) is 0 Å². The maximum Gasteiger partial charge on any atom is 0.332 e. The zero-order valence-corrected chi connectivity index (χ0v) is 13.4. The zero-order chi connectivity index (χ0) is 17.5. The first kappa shape index (κ1) is 19.2. The molecule has 0 bridgehead atoms. The van der Waals surface area contributed by atoms with E-state index in [4.69, 9.17) is 9.47 Å². The van der Waals surface area contributed by atoms with Crippen LogP contribution in [0.2, 0.25) is 0 Å². The summed E-state index contributed by atoms with van der Waals surface area (Å²) < 4.78 is 9.71. The van der Waals surface area contributed by atoms with Crippen LogP contribution in [0.5, 0.6) is 0 Å². The number of aliphatic carboxylic acids is 2. The lowest BCUT2D eigenvalue weighted by molar-refractivity contribution is -0.162. The number of ether oxygens (including phenoxy) is 2. The molecule has 130 valence electrons. The second-order valence-electron chi connectivity index (χ2n) is 5.79. The lowest BCUT2D eigenvalue weighted by atomic mass is 9.63. The second-order valence-corrected chi connectivity index (χ2v) is 5.79. The quantitative estimate of drug-likeness (QED) is 0.377. The summed E-state index contributed by atoms with van der Waals surface area (Å²) in [5.41, 5.74) is -2.28.